The minimum absolute atomic E-state index is 0.171. The second-order valence-corrected chi connectivity index (χ2v) is 4.51. The number of nitrogens with zero attached hydrogens (tertiary/aromatic N) is 2. The number of hydrogen-bond acceptors (Lipinski definition) is 2. The number of aryl methyl sites for hydroxylation is 1. The Labute approximate surface area is 112 Å². The average Bonchev–Trinajstić information content (AvgIpc) is 2.80. The molecule has 1 heterocycles. The summed E-state index contributed by atoms with van der Waals surface area (Å²) in [4.78, 5) is 0. The summed E-state index contributed by atoms with van der Waals surface area (Å²) in [5.41, 5.74) is -0.260. The normalized spacial score (nSPS) is 13.6. The highest BCUT2D eigenvalue weighted by Crippen LogP contribution is 2.31. The van der Waals surface area contributed by atoms with Crippen molar-refractivity contribution in [2.24, 2.45) is 0 Å². The number of aliphatic hydroxyl groups excluding tert-OH is 1. The molecule has 0 unspecified atom stereocenters. The van der Waals surface area contributed by atoms with E-state index in [1.165, 1.54) is 19.9 Å². The van der Waals surface area contributed by atoms with Gasteiger partial charge in [-0.2, -0.15) is 18.3 Å². The molecule has 0 amide bonds. The van der Waals surface area contributed by atoms with Crippen molar-refractivity contribution in [3.05, 3.63) is 47.0 Å². The maximum Gasteiger partial charge on any atom is 0.419 e. The number of aromatic nitrogens is 2. The molecule has 108 valence electrons. The summed E-state index contributed by atoms with van der Waals surface area (Å²) >= 11 is 0. The van der Waals surface area contributed by atoms with Crippen LogP contribution < -0.4 is 0 Å². The van der Waals surface area contributed by atoms with Crippen molar-refractivity contribution in [3.63, 3.8) is 0 Å². The first kappa shape index (κ1) is 14.5. The molecule has 0 bridgehead atoms. The van der Waals surface area contributed by atoms with E-state index in [1.807, 2.05) is 0 Å². The van der Waals surface area contributed by atoms with Crippen LogP contribution in [0.1, 0.15) is 29.7 Å². The molecule has 2 rings (SSSR count). The highest BCUT2D eigenvalue weighted by Gasteiger charge is 2.32. The van der Waals surface area contributed by atoms with Gasteiger partial charge >= 0.3 is 6.18 Å². The van der Waals surface area contributed by atoms with Gasteiger partial charge in [-0.1, -0.05) is 0 Å². The topological polar surface area (TPSA) is 38.0 Å². The maximum atomic E-state index is 13.5. The van der Waals surface area contributed by atoms with Gasteiger partial charge in [0, 0.05) is 11.8 Å². The Kier molecular flexibility index (Phi) is 3.56. The molecule has 3 nitrogen and oxygen atoms in total. The zero-order valence-corrected chi connectivity index (χ0v) is 10.7. The van der Waals surface area contributed by atoms with E-state index >= 15 is 0 Å². The van der Waals surface area contributed by atoms with Crippen LogP contribution in [-0.4, -0.2) is 14.9 Å². The van der Waals surface area contributed by atoms with Crippen LogP contribution in [0.5, 0.6) is 0 Å². The van der Waals surface area contributed by atoms with Gasteiger partial charge in [0.15, 0.2) is 0 Å². The third kappa shape index (κ3) is 2.67. The number of hydrogen-bond donors (Lipinski definition) is 1. The van der Waals surface area contributed by atoms with E-state index < -0.39 is 23.7 Å². The highest BCUT2D eigenvalue weighted by atomic mass is 19.4. The summed E-state index contributed by atoms with van der Waals surface area (Å²) in [6, 6.07) is 2.45. The Bertz CT molecular complexity index is 632. The first-order chi connectivity index (χ1) is 9.20. The minimum atomic E-state index is -4.50. The molecule has 2 aromatic rings. The molecule has 1 aromatic carbocycles. The van der Waals surface area contributed by atoms with Crippen LogP contribution in [0, 0.1) is 12.7 Å². The van der Waals surface area contributed by atoms with E-state index in [2.05, 4.69) is 5.10 Å². The molecule has 0 saturated heterocycles. The third-order valence-corrected chi connectivity index (χ3v) is 2.91. The van der Waals surface area contributed by atoms with Gasteiger partial charge < -0.3 is 5.11 Å². The van der Waals surface area contributed by atoms with E-state index in [9.17, 15) is 22.7 Å². The molecule has 7 heteroatoms. The molecular weight excluding hydrogens is 276 g/mol. The molecule has 0 radical (unpaired) electrons. The SMILES string of the molecule is Cc1cc(-n2cc(C(F)(F)F)cn2)c([C@H](C)O)cc1F. The minimum Gasteiger partial charge on any atom is -0.389 e. The van der Waals surface area contributed by atoms with E-state index in [1.54, 1.807) is 0 Å². The monoisotopic (exact) mass is 288 g/mol. The second kappa shape index (κ2) is 4.90. The predicted molar refractivity (Wildman–Crippen MR) is 63.9 cm³/mol. The highest BCUT2D eigenvalue weighted by molar-refractivity contribution is 5.45. The van der Waals surface area contributed by atoms with Crippen LogP contribution in [-0.2, 0) is 6.18 Å². The van der Waals surface area contributed by atoms with Crippen molar-refractivity contribution in [1.82, 2.24) is 9.78 Å². The first-order valence-electron chi connectivity index (χ1n) is 5.80. The van der Waals surface area contributed by atoms with Gasteiger partial charge in [0.2, 0.25) is 0 Å². The van der Waals surface area contributed by atoms with Gasteiger partial charge in [-0.05, 0) is 31.5 Å². The van der Waals surface area contributed by atoms with Crippen LogP contribution in [0.15, 0.2) is 24.5 Å². The fraction of sp³-hybridized carbons (Fsp3) is 0.308. The van der Waals surface area contributed by atoms with Crippen molar-refractivity contribution in [3.8, 4) is 5.69 Å². The van der Waals surface area contributed by atoms with Crippen molar-refractivity contribution < 1.29 is 22.7 Å². The van der Waals surface area contributed by atoms with Gasteiger partial charge in [0.05, 0.1) is 23.6 Å². The molecule has 0 aliphatic carbocycles. The molecule has 1 aromatic heterocycles. The lowest BCUT2D eigenvalue weighted by molar-refractivity contribution is -0.137. The lowest BCUT2D eigenvalue weighted by Gasteiger charge is -2.13. The quantitative estimate of drug-likeness (QED) is 0.860. The lowest BCUT2D eigenvalue weighted by atomic mass is 10.0. The van der Waals surface area contributed by atoms with Gasteiger partial charge in [0.1, 0.15) is 5.82 Å². The van der Waals surface area contributed by atoms with Crippen molar-refractivity contribution in [2.75, 3.05) is 0 Å². The lowest BCUT2D eigenvalue weighted by Crippen LogP contribution is -2.06. The van der Waals surface area contributed by atoms with E-state index in [-0.39, 0.29) is 16.8 Å². The largest absolute Gasteiger partial charge is 0.419 e. The zero-order valence-electron chi connectivity index (χ0n) is 10.7. The smallest absolute Gasteiger partial charge is 0.389 e. The molecule has 0 aliphatic rings. The third-order valence-electron chi connectivity index (χ3n) is 2.91. The maximum absolute atomic E-state index is 13.5. The Morgan fingerprint density at radius 2 is 1.95 bits per heavy atom. The fourth-order valence-corrected chi connectivity index (χ4v) is 1.82. The Morgan fingerprint density at radius 3 is 2.45 bits per heavy atom. The average molecular weight is 288 g/mol. The molecular formula is C13H12F4N2O. The number of rotatable bonds is 2. The molecule has 0 fully saturated rings. The molecule has 0 aliphatic heterocycles. The first-order valence-corrected chi connectivity index (χ1v) is 5.80. The molecule has 1 N–H and O–H groups in total. The van der Waals surface area contributed by atoms with Gasteiger partial charge in [0.25, 0.3) is 0 Å². The Balaban J connectivity index is 2.57. The summed E-state index contributed by atoms with van der Waals surface area (Å²) in [7, 11) is 0. The predicted octanol–water partition coefficient (Wildman–Crippen LogP) is 3.39. The summed E-state index contributed by atoms with van der Waals surface area (Å²) in [5, 5.41) is 13.2. The molecule has 0 spiro atoms. The number of aliphatic hydroxyl groups is 1. The van der Waals surface area contributed by atoms with Gasteiger partial charge in [-0.15, -0.1) is 0 Å². The van der Waals surface area contributed by atoms with E-state index in [0.717, 1.165) is 16.9 Å². The number of benzene rings is 1. The summed E-state index contributed by atoms with van der Waals surface area (Å²) < 4.78 is 52.2. The van der Waals surface area contributed by atoms with Crippen LogP contribution in [0.25, 0.3) is 5.69 Å². The van der Waals surface area contributed by atoms with Gasteiger partial charge in [-0.3, -0.25) is 0 Å². The number of halogens is 4. The van der Waals surface area contributed by atoms with Crippen LogP contribution in [0.2, 0.25) is 0 Å². The Morgan fingerprint density at radius 1 is 1.30 bits per heavy atom. The summed E-state index contributed by atoms with van der Waals surface area (Å²) in [5.74, 6) is -0.534. The van der Waals surface area contributed by atoms with Crippen LogP contribution >= 0.6 is 0 Å². The zero-order chi connectivity index (χ0) is 15.1. The van der Waals surface area contributed by atoms with Crippen molar-refractivity contribution in [2.45, 2.75) is 26.1 Å². The molecule has 1 atom stereocenters. The second-order valence-electron chi connectivity index (χ2n) is 4.51. The summed E-state index contributed by atoms with van der Waals surface area (Å²) in [6.45, 7) is 2.89. The van der Waals surface area contributed by atoms with Crippen molar-refractivity contribution >= 4 is 0 Å². The van der Waals surface area contributed by atoms with Gasteiger partial charge in [-0.25, -0.2) is 9.07 Å². The van der Waals surface area contributed by atoms with Crippen molar-refractivity contribution in [1.29, 1.82) is 0 Å². The molecule has 0 saturated carbocycles. The summed E-state index contributed by atoms with van der Waals surface area (Å²) in [6.07, 6.45) is -4.04. The van der Waals surface area contributed by atoms with Crippen LogP contribution in [0.4, 0.5) is 17.6 Å². The Hall–Kier alpha value is -1.89. The van der Waals surface area contributed by atoms with Crippen LogP contribution in [0.3, 0.4) is 0 Å². The fourth-order valence-electron chi connectivity index (χ4n) is 1.82. The van der Waals surface area contributed by atoms with E-state index in [0.29, 0.717) is 6.20 Å². The number of alkyl halides is 3. The molecule has 20 heavy (non-hydrogen) atoms. The van der Waals surface area contributed by atoms with E-state index in [4.69, 9.17) is 0 Å². The standard InChI is InChI=1S/C13H12F4N2O/c1-7-3-12(10(8(2)20)4-11(7)14)19-6-9(5-18-19)13(15,16)17/h3-6,8,20H,1-2H3/t8-/m0/s1.